The van der Waals surface area contributed by atoms with E-state index in [1.807, 2.05) is 79.2 Å². The number of likely N-dealkylation sites (tertiary alicyclic amines) is 1. The molecule has 9 aromatic rings. The second-order valence-corrected chi connectivity index (χ2v) is 21.0. The zero-order valence-electron chi connectivity index (χ0n) is 43.4. The largest absolute Gasteiger partial charge is 0.359 e. The van der Waals surface area contributed by atoms with E-state index in [0.717, 1.165) is 157 Å². The molecule has 1 unspecified atom stereocenters. The summed E-state index contributed by atoms with van der Waals surface area (Å²) in [6.07, 6.45) is 21.9. The molecule has 2 aromatic carbocycles. The monoisotopic (exact) mass is 1060 g/mol. The van der Waals surface area contributed by atoms with E-state index in [0.29, 0.717) is 35.5 Å². The van der Waals surface area contributed by atoms with Gasteiger partial charge in [0.1, 0.15) is 34.1 Å². The molecule has 0 spiro atoms. The third kappa shape index (κ3) is 11.4. The highest BCUT2D eigenvalue weighted by Crippen LogP contribution is 2.35. The van der Waals surface area contributed by atoms with E-state index in [2.05, 4.69) is 114 Å². The van der Waals surface area contributed by atoms with Crippen LogP contribution in [0.25, 0.3) is 83.8 Å². The Labute approximate surface area is 455 Å². The molecule has 0 aliphatic carbocycles. The number of nitrogens with one attached hydrogen (secondary N) is 6. The van der Waals surface area contributed by atoms with Crippen molar-refractivity contribution in [3.05, 3.63) is 179 Å². The van der Waals surface area contributed by atoms with Gasteiger partial charge in [-0.25, -0.2) is 15.0 Å². The van der Waals surface area contributed by atoms with E-state index >= 15 is 0 Å². The number of hydrogen-bond acceptors (Lipinski definition) is 12. The Bertz CT molecular complexity index is 3750. The average molecular weight is 1060 g/mol. The van der Waals surface area contributed by atoms with Crippen LogP contribution in [-0.2, 0) is 0 Å². The molecule has 2 aliphatic heterocycles. The minimum Gasteiger partial charge on any atom is -0.359 e. The van der Waals surface area contributed by atoms with Crippen LogP contribution >= 0.6 is 22.7 Å². The van der Waals surface area contributed by atoms with E-state index in [-0.39, 0.29) is 6.04 Å². The van der Waals surface area contributed by atoms with Crippen LogP contribution < -0.4 is 16.8 Å². The summed E-state index contributed by atoms with van der Waals surface area (Å²) >= 11 is 3.19. The van der Waals surface area contributed by atoms with Gasteiger partial charge in [0.05, 0.1) is 43.4 Å². The van der Waals surface area contributed by atoms with E-state index in [1.165, 1.54) is 0 Å². The van der Waals surface area contributed by atoms with Crippen molar-refractivity contribution in [2.75, 3.05) is 19.6 Å². The van der Waals surface area contributed by atoms with Crippen LogP contribution in [0, 0.1) is 11.3 Å². The maximum Gasteiger partial charge on any atom is 0.159 e. The van der Waals surface area contributed by atoms with Gasteiger partial charge in [-0.2, -0.15) is 10.2 Å². The molecule has 0 radical (unpaired) electrons. The van der Waals surface area contributed by atoms with Crippen LogP contribution in [0.2, 0.25) is 0 Å². The highest BCUT2D eigenvalue weighted by atomic mass is 32.1. The third-order valence-corrected chi connectivity index (χ3v) is 15.6. The smallest absolute Gasteiger partial charge is 0.159 e. The Hall–Kier alpha value is -8.35. The number of imidazole rings is 2. The molecule has 0 amide bonds. The Morgan fingerprint density at radius 3 is 2.36 bits per heavy atom. The Balaban J connectivity index is 0.000000177. The normalized spacial score (nSPS) is 17.3. The lowest BCUT2D eigenvalue weighted by molar-refractivity contribution is 0.256. The zero-order chi connectivity index (χ0) is 53.4. The Morgan fingerprint density at radius 2 is 1.66 bits per heavy atom. The van der Waals surface area contributed by atoms with Crippen LogP contribution in [0.1, 0.15) is 79.8 Å². The number of aromatic nitrogens is 9. The number of thiophene rings is 2. The molecular formula is C60H63N15S2. The summed E-state index contributed by atoms with van der Waals surface area (Å²) in [6.45, 7) is 18.6. The molecule has 0 saturated carbocycles. The molecule has 1 fully saturated rings. The minimum absolute atomic E-state index is 0.193. The summed E-state index contributed by atoms with van der Waals surface area (Å²) in [5.74, 6) is 2.64. The van der Waals surface area contributed by atoms with Crippen molar-refractivity contribution < 1.29 is 0 Å². The van der Waals surface area contributed by atoms with Gasteiger partial charge >= 0.3 is 0 Å². The van der Waals surface area contributed by atoms with Gasteiger partial charge in [0.25, 0.3) is 0 Å². The first kappa shape index (κ1) is 52.1. The van der Waals surface area contributed by atoms with Gasteiger partial charge in [0.2, 0.25) is 0 Å². The molecule has 15 nitrogen and oxygen atoms in total. The lowest BCUT2D eigenvalue weighted by atomic mass is 9.93. The third-order valence-electron chi connectivity index (χ3n) is 13.8. The number of benzene rings is 2. The van der Waals surface area contributed by atoms with Crippen molar-refractivity contribution in [2.45, 2.75) is 58.4 Å². The average Bonchev–Trinajstić information content (AvgIpc) is 4.37. The van der Waals surface area contributed by atoms with Crippen molar-refractivity contribution >= 4 is 84.4 Å². The molecule has 2 aliphatic rings. The number of nitrogens with zero attached hydrogens (tertiary/aromatic N) is 7. The molecule has 10 N–H and O–H groups in total. The first-order valence-electron chi connectivity index (χ1n) is 25.9. The summed E-state index contributed by atoms with van der Waals surface area (Å²) in [5.41, 5.74) is 25.6. The second-order valence-electron chi connectivity index (χ2n) is 19.1. The van der Waals surface area contributed by atoms with Gasteiger partial charge in [-0.05, 0) is 141 Å². The van der Waals surface area contributed by atoms with Gasteiger partial charge < -0.3 is 31.7 Å². The molecular weight excluding hydrogens is 995 g/mol. The highest BCUT2D eigenvalue weighted by Gasteiger charge is 2.26. The molecule has 77 heavy (non-hydrogen) atoms. The number of aliphatic imine (C=N–C) groups is 1. The van der Waals surface area contributed by atoms with Crippen molar-refractivity contribution in [3.63, 3.8) is 0 Å². The van der Waals surface area contributed by atoms with Gasteiger partial charge in [0.15, 0.2) is 11.6 Å². The van der Waals surface area contributed by atoms with Crippen molar-refractivity contribution in [3.8, 4) is 33.6 Å². The van der Waals surface area contributed by atoms with Crippen molar-refractivity contribution in [1.29, 1.82) is 5.41 Å². The summed E-state index contributed by atoms with van der Waals surface area (Å²) in [5, 5.41) is 33.9. The lowest BCUT2D eigenvalue weighted by Gasteiger charge is -2.38. The number of fused-ring (bicyclic) bond motifs is 6. The molecule has 1 atom stereocenters. The topological polar surface area (TPSA) is 231 Å². The first-order chi connectivity index (χ1) is 37.6. The fourth-order valence-electron chi connectivity index (χ4n) is 9.81. The molecule has 11 rings (SSSR count). The Morgan fingerprint density at radius 1 is 0.896 bits per heavy atom. The highest BCUT2D eigenvalue weighted by molar-refractivity contribution is 7.13. The number of hydrogen-bond donors (Lipinski definition) is 8. The number of H-pyrrole nitrogens is 4. The summed E-state index contributed by atoms with van der Waals surface area (Å²) < 4.78 is 0. The van der Waals surface area contributed by atoms with E-state index < -0.39 is 0 Å². The van der Waals surface area contributed by atoms with Gasteiger partial charge in [-0.1, -0.05) is 75.1 Å². The molecule has 17 heteroatoms. The van der Waals surface area contributed by atoms with Crippen LogP contribution in [0.4, 0.5) is 0 Å². The quantitative estimate of drug-likeness (QED) is 0.0480. The number of pyridine rings is 1. The molecule has 7 aromatic heterocycles. The maximum absolute atomic E-state index is 8.93. The lowest BCUT2D eigenvalue weighted by Crippen LogP contribution is -2.57. The van der Waals surface area contributed by atoms with Crippen LogP contribution in [0.15, 0.2) is 156 Å². The van der Waals surface area contributed by atoms with Gasteiger partial charge in [-0.3, -0.25) is 20.6 Å². The zero-order valence-corrected chi connectivity index (χ0v) is 45.0. The van der Waals surface area contributed by atoms with Gasteiger partial charge in [-0.15, -0.1) is 22.7 Å². The predicted molar refractivity (Wildman–Crippen MR) is 321 cm³/mol. The summed E-state index contributed by atoms with van der Waals surface area (Å²) in [6, 6.07) is 22.6. The Kier molecular flexibility index (Phi) is 16.0. The fraction of sp³-hybridized carbons (Fsp3) is 0.217. The standard InChI is InChI=1S/C34H39N7S.C26H24N8S/c1-4-24-20-26(5-2)37-22(3)19-23(16-17-35)11-8-6-7-9-12-29-33(31(36)30-13-10-18-42-30)39-34(38-29)32-27-21-25(24)14-15-28(27)40-41-32;1-3-18(29-22(4-2)34-13-16(27)14-34)15-7-8-19-17(12-15)23(33-32-19)26-30-20-9-10-28-25(24(20)31-26)21-6-5-11-35-21/h4-5,9-10,12-15,18,20-21,23,36-37H,2-3,6-8,11,16-17,19,35H2,1H3,(H,38,39)(H,40,41);3-12,16H,2,13-14,27H2,1H3,(H,30,31)(H,32,33)/b12-9?,24-4+,26-20+,36-31?;18-3-,29-22?. The molecule has 390 valence electrons. The number of rotatable bonds is 10. The molecule has 4 bridgehead atoms. The number of amidine groups is 1. The molecule has 9 heterocycles. The van der Waals surface area contributed by atoms with Crippen molar-refractivity contribution in [2.24, 2.45) is 22.4 Å². The minimum atomic E-state index is 0.193. The SMILES string of the molecule is C=C/C1=C\C(=C/C)c2ccc3[nH]nc(c3c2)-c2nc(C(=N)c3cccs3)c([nH]2)C=CCCCCC(CCN)CC(=C)N1.C=CC(=N/C(=C\C)c1ccc2[nH]nc(-c3nc4c(-c5cccs5)nccc4[nH]3)c2c1)N1CC(N)C1. The second kappa shape index (κ2) is 23.7. The number of nitrogens with two attached hydrogens (primary N) is 2. The van der Waals surface area contributed by atoms with Crippen LogP contribution in [-0.4, -0.2) is 87.4 Å². The number of aromatic amines is 4. The molecule has 1 saturated heterocycles. The van der Waals surface area contributed by atoms with E-state index in [1.54, 1.807) is 34.9 Å². The predicted octanol–water partition coefficient (Wildman–Crippen LogP) is 12.8. The number of allylic oxidation sites excluding steroid dienone is 7. The van der Waals surface area contributed by atoms with Crippen molar-refractivity contribution in [1.82, 2.24) is 55.5 Å². The van der Waals surface area contributed by atoms with E-state index in [4.69, 9.17) is 31.8 Å². The van der Waals surface area contributed by atoms with Crippen LogP contribution in [0.5, 0.6) is 0 Å². The van der Waals surface area contributed by atoms with E-state index in [9.17, 15) is 0 Å². The summed E-state index contributed by atoms with van der Waals surface area (Å²) in [4.78, 5) is 30.3. The first-order valence-corrected chi connectivity index (χ1v) is 27.7. The van der Waals surface area contributed by atoms with Crippen LogP contribution in [0.3, 0.4) is 0 Å². The fourth-order valence-corrected chi connectivity index (χ4v) is 11.2. The van der Waals surface area contributed by atoms with Gasteiger partial charge in [0, 0.05) is 53.1 Å². The maximum atomic E-state index is 8.93. The summed E-state index contributed by atoms with van der Waals surface area (Å²) in [7, 11) is 0.